The molecule has 0 aliphatic carbocycles. The van der Waals surface area contributed by atoms with Crippen molar-refractivity contribution in [2.45, 2.75) is 26.3 Å². The molecule has 0 bridgehead atoms. The lowest BCUT2D eigenvalue weighted by Gasteiger charge is -2.15. The molecule has 2 N–H and O–H groups in total. The summed E-state index contributed by atoms with van der Waals surface area (Å²) in [4.78, 5) is 12.1. The Balaban J connectivity index is 2.33. The molecule has 0 aliphatic heterocycles. The fourth-order valence-corrected chi connectivity index (χ4v) is 1.81. The van der Waals surface area contributed by atoms with Gasteiger partial charge in [0.2, 0.25) is 5.78 Å². The van der Waals surface area contributed by atoms with Crippen LogP contribution in [-0.2, 0) is 0 Å². The van der Waals surface area contributed by atoms with Crippen molar-refractivity contribution in [3.63, 3.8) is 0 Å². The summed E-state index contributed by atoms with van der Waals surface area (Å²) in [7, 11) is 0. The molecule has 2 rings (SSSR count). The van der Waals surface area contributed by atoms with E-state index >= 15 is 0 Å². The van der Waals surface area contributed by atoms with E-state index < -0.39 is 6.04 Å². The highest BCUT2D eigenvalue weighted by Gasteiger charge is 2.24. The minimum atomic E-state index is -0.583. The van der Waals surface area contributed by atoms with E-state index in [4.69, 9.17) is 10.2 Å². The second-order valence-electron chi connectivity index (χ2n) is 4.57. The smallest absolute Gasteiger partial charge is 0.214 e. The van der Waals surface area contributed by atoms with Gasteiger partial charge >= 0.3 is 0 Å². The zero-order chi connectivity index (χ0) is 13.3. The van der Waals surface area contributed by atoms with Crippen LogP contribution in [0.1, 0.15) is 30.8 Å². The minimum Gasteiger partial charge on any atom is -0.453 e. The third-order valence-corrected chi connectivity index (χ3v) is 3.28. The van der Waals surface area contributed by atoms with Crippen LogP contribution in [0.25, 0.3) is 11.0 Å². The lowest BCUT2D eigenvalue weighted by atomic mass is 9.95. The minimum absolute atomic E-state index is 0.0856. The molecule has 0 fully saturated rings. The molecule has 96 valence electrons. The lowest BCUT2D eigenvalue weighted by molar-refractivity contribution is 0.0909. The van der Waals surface area contributed by atoms with Crippen LogP contribution in [0.5, 0.6) is 0 Å². The number of carbonyl (C=O) groups excluding carboxylic acids is 1. The van der Waals surface area contributed by atoms with Crippen LogP contribution < -0.4 is 5.73 Å². The van der Waals surface area contributed by atoms with Crippen molar-refractivity contribution in [1.82, 2.24) is 0 Å². The number of hydrogen-bond donors (Lipinski definition) is 1. The Labute approximate surface area is 105 Å². The molecule has 2 atom stereocenters. The van der Waals surface area contributed by atoms with E-state index in [-0.39, 0.29) is 23.3 Å². The molecule has 4 heteroatoms. The summed E-state index contributed by atoms with van der Waals surface area (Å²) in [6, 6.07) is 5.11. The van der Waals surface area contributed by atoms with E-state index in [0.717, 1.165) is 6.42 Å². The second kappa shape index (κ2) is 4.90. The Morgan fingerprint density at radius 2 is 2.17 bits per heavy atom. The van der Waals surface area contributed by atoms with Crippen LogP contribution in [-0.4, -0.2) is 11.8 Å². The van der Waals surface area contributed by atoms with Gasteiger partial charge < -0.3 is 10.2 Å². The van der Waals surface area contributed by atoms with E-state index in [1.807, 2.05) is 13.8 Å². The third kappa shape index (κ3) is 2.29. The van der Waals surface area contributed by atoms with Gasteiger partial charge in [-0.25, -0.2) is 4.39 Å². The maximum atomic E-state index is 13.0. The summed E-state index contributed by atoms with van der Waals surface area (Å²) >= 11 is 0. The average molecular weight is 249 g/mol. The van der Waals surface area contributed by atoms with Crippen molar-refractivity contribution in [2.24, 2.45) is 11.7 Å². The number of hydrogen-bond acceptors (Lipinski definition) is 3. The van der Waals surface area contributed by atoms with Gasteiger partial charge in [-0.05, 0) is 30.2 Å². The Morgan fingerprint density at radius 3 is 2.83 bits per heavy atom. The number of carbonyl (C=O) groups is 1. The maximum absolute atomic E-state index is 13.0. The molecule has 0 saturated carbocycles. The molecular formula is C14H16FNO2. The molecule has 1 aromatic heterocycles. The van der Waals surface area contributed by atoms with Crippen molar-refractivity contribution in [3.05, 3.63) is 35.8 Å². The number of ketones is 1. The van der Waals surface area contributed by atoms with Crippen molar-refractivity contribution in [1.29, 1.82) is 0 Å². The van der Waals surface area contributed by atoms with Crippen molar-refractivity contribution in [3.8, 4) is 0 Å². The predicted octanol–water partition coefficient (Wildman–Crippen LogP) is 3.13. The van der Waals surface area contributed by atoms with E-state index in [1.54, 1.807) is 6.07 Å². The second-order valence-corrected chi connectivity index (χ2v) is 4.57. The summed E-state index contributed by atoms with van der Waals surface area (Å²) in [6.07, 6.45) is 0.821. The Kier molecular flexibility index (Phi) is 3.48. The highest BCUT2D eigenvalue weighted by Crippen LogP contribution is 2.22. The molecule has 2 aromatic rings. The van der Waals surface area contributed by atoms with E-state index in [2.05, 4.69) is 0 Å². The molecule has 1 aromatic carbocycles. The van der Waals surface area contributed by atoms with Crippen LogP contribution >= 0.6 is 0 Å². The monoisotopic (exact) mass is 249 g/mol. The summed E-state index contributed by atoms with van der Waals surface area (Å²) < 4.78 is 18.4. The topological polar surface area (TPSA) is 56.2 Å². The van der Waals surface area contributed by atoms with Gasteiger partial charge in [0.25, 0.3) is 0 Å². The van der Waals surface area contributed by atoms with Gasteiger partial charge in [-0.15, -0.1) is 0 Å². The van der Waals surface area contributed by atoms with Gasteiger partial charge in [-0.2, -0.15) is 0 Å². The number of Topliss-reactive ketones (excluding diaryl/α,β-unsaturated/α-hetero) is 1. The van der Waals surface area contributed by atoms with Gasteiger partial charge in [-0.1, -0.05) is 20.3 Å². The first-order valence-corrected chi connectivity index (χ1v) is 6.01. The molecular weight excluding hydrogens is 233 g/mol. The van der Waals surface area contributed by atoms with Crippen LogP contribution in [0.3, 0.4) is 0 Å². The number of fused-ring (bicyclic) bond motifs is 1. The van der Waals surface area contributed by atoms with Crippen molar-refractivity contribution in [2.75, 3.05) is 0 Å². The average Bonchev–Trinajstić information content (AvgIpc) is 2.78. The summed E-state index contributed by atoms with van der Waals surface area (Å²) in [5.41, 5.74) is 6.37. The fraction of sp³-hybridized carbons (Fsp3) is 0.357. The number of nitrogens with two attached hydrogens (primary N) is 1. The molecule has 0 saturated heterocycles. The highest BCUT2D eigenvalue weighted by atomic mass is 19.1. The number of rotatable bonds is 4. The van der Waals surface area contributed by atoms with E-state index in [9.17, 15) is 9.18 Å². The quantitative estimate of drug-likeness (QED) is 0.847. The zero-order valence-electron chi connectivity index (χ0n) is 10.4. The Bertz CT molecular complexity index is 576. The molecule has 0 radical (unpaired) electrons. The molecule has 0 spiro atoms. The largest absolute Gasteiger partial charge is 0.453 e. The first-order valence-electron chi connectivity index (χ1n) is 6.01. The summed E-state index contributed by atoms with van der Waals surface area (Å²) in [5.74, 6) is -0.305. The van der Waals surface area contributed by atoms with Crippen LogP contribution in [0.2, 0.25) is 0 Å². The Hall–Kier alpha value is -1.68. The molecule has 0 aliphatic rings. The standard InChI is InChI=1S/C14H16FNO2/c1-3-8(2)13(16)14(17)12-7-9-6-10(15)4-5-11(9)18-12/h4-8,13H,3,16H2,1-2H3. The van der Waals surface area contributed by atoms with Crippen LogP contribution in [0, 0.1) is 11.7 Å². The third-order valence-electron chi connectivity index (χ3n) is 3.28. The Morgan fingerprint density at radius 1 is 1.44 bits per heavy atom. The van der Waals surface area contributed by atoms with Gasteiger partial charge in [0.15, 0.2) is 5.76 Å². The van der Waals surface area contributed by atoms with Crippen LogP contribution in [0.15, 0.2) is 28.7 Å². The maximum Gasteiger partial charge on any atom is 0.214 e. The molecule has 0 amide bonds. The van der Waals surface area contributed by atoms with Gasteiger partial charge in [0.05, 0.1) is 6.04 Å². The number of furan rings is 1. The molecule has 18 heavy (non-hydrogen) atoms. The highest BCUT2D eigenvalue weighted by molar-refractivity contribution is 6.00. The normalized spacial score (nSPS) is 14.7. The van der Waals surface area contributed by atoms with Crippen molar-refractivity contribution >= 4 is 16.8 Å². The van der Waals surface area contributed by atoms with E-state index in [0.29, 0.717) is 11.0 Å². The molecule has 2 unspecified atom stereocenters. The van der Waals surface area contributed by atoms with Crippen LogP contribution in [0.4, 0.5) is 4.39 Å². The lowest BCUT2D eigenvalue weighted by Crippen LogP contribution is -2.36. The first kappa shape index (κ1) is 12.8. The van der Waals surface area contributed by atoms with E-state index in [1.165, 1.54) is 18.2 Å². The molecule has 3 nitrogen and oxygen atoms in total. The predicted molar refractivity (Wildman–Crippen MR) is 67.9 cm³/mol. The van der Waals surface area contributed by atoms with Gasteiger partial charge in [0, 0.05) is 5.39 Å². The SMILES string of the molecule is CCC(C)C(N)C(=O)c1cc2cc(F)ccc2o1. The van der Waals surface area contributed by atoms with Gasteiger partial charge in [-0.3, -0.25) is 4.79 Å². The first-order chi connectivity index (χ1) is 8.52. The fourth-order valence-electron chi connectivity index (χ4n) is 1.81. The molecule has 1 heterocycles. The number of benzene rings is 1. The summed E-state index contributed by atoms with van der Waals surface area (Å²) in [6.45, 7) is 3.90. The van der Waals surface area contributed by atoms with Crippen molar-refractivity contribution < 1.29 is 13.6 Å². The number of halogens is 1. The van der Waals surface area contributed by atoms with Gasteiger partial charge in [0.1, 0.15) is 11.4 Å². The zero-order valence-corrected chi connectivity index (χ0v) is 10.4. The summed E-state index contributed by atoms with van der Waals surface area (Å²) in [5, 5.41) is 0.578.